The molecule has 0 heterocycles. The van der Waals surface area contributed by atoms with Gasteiger partial charge in [-0.3, -0.25) is 13.8 Å². The van der Waals surface area contributed by atoms with Crippen LogP contribution in [-0.4, -0.2) is 73.4 Å². The van der Waals surface area contributed by atoms with Gasteiger partial charge in [-0.1, -0.05) is 309 Å². The van der Waals surface area contributed by atoms with Crippen LogP contribution in [0.4, 0.5) is 0 Å². The normalized spacial score (nSPS) is 13.8. The average molecular weight is 1000 g/mol. The Bertz CT molecular complexity index is 1090. The molecule has 9 heteroatoms. The summed E-state index contributed by atoms with van der Waals surface area (Å²) in [6.45, 7) is 4.95. The molecular weight excluding hydrogens is 876 g/mol. The molecule has 0 aliphatic carbocycles. The highest BCUT2D eigenvalue weighted by molar-refractivity contribution is 7.47. The number of aliphatic hydroxyl groups is 1. The van der Waals surface area contributed by atoms with Gasteiger partial charge in [0.15, 0.2) is 0 Å². The number of likely N-dealkylation sites (N-methyl/N-ethyl adjacent to an activating group) is 1. The smallest absolute Gasteiger partial charge is 0.391 e. The molecule has 3 N–H and O–H groups in total. The Labute approximate surface area is 431 Å². The molecule has 0 rings (SSSR count). The van der Waals surface area contributed by atoms with Crippen LogP contribution < -0.4 is 5.32 Å². The van der Waals surface area contributed by atoms with Gasteiger partial charge < -0.3 is 19.8 Å². The van der Waals surface area contributed by atoms with Gasteiger partial charge in [-0.05, 0) is 12.8 Å². The minimum Gasteiger partial charge on any atom is -0.391 e. The van der Waals surface area contributed by atoms with E-state index in [-0.39, 0.29) is 19.1 Å². The monoisotopic (exact) mass is 1000 g/mol. The van der Waals surface area contributed by atoms with Crippen LogP contribution in [0.25, 0.3) is 0 Å². The number of aliphatic hydroxyl groups excluding tert-OH is 1. The molecule has 0 fully saturated rings. The summed E-state index contributed by atoms with van der Waals surface area (Å²) in [6.07, 6.45) is 63.2. The molecule has 0 bridgehead atoms. The second kappa shape index (κ2) is 52.4. The molecule has 0 saturated carbocycles. The number of nitrogens with one attached hydrogen (secondary N) is 1. The summed E-state index contributed by atoms with van der Waals surface area (Å²) in [4.78, 5) is 23.3. The van der Waals surface area contributed by atoms with E-state index in [1.54, 1.807) is 0 Å². The number of hydrogen-bond donors (Lipinski definition) is 3. The van der Waals surface area contributed by atoms with Crippen molar-refractivity contribution >= 4 is 13.7 Å². The topological polar surface area (TPSA) is 105 Å². The van der Waals surface area contributed by atoms with Crippen molar-refractivity contribution in [3.63, 3.8) is 0 Å². The summed E-state index contributed by atoms with van der Waals surface area (Å²) in [5.41, 5.74) is 0. The Morgan fingerprint density at radius 1 is 0.435 bits per heavy atom. The zero-order valence-electron chi connectivity index (χ0n) is 47.3. The minimum absolute atomic E-state index is 0.0792. The van der Waals surface area contributed by atoms with Gasteiger partial charge in [0, 0.05) is 6.42 Å². The Morgan fingerprint density at radius 3 is 0.971 bits per heavy atom. The maximum absolute atomic E-state index is 13.0. The number of hydrogen-bond acceptors (Lipinski definition) is 5. The SMILES string of the molecule is CCCCCCCCCCCCCCCCCCCCCCCCCCCCCCCCCC(O)C(COP(=O)(O)OCC[N+](C)(C)C)NC(=O)CCCCCCCCCCCCCCCCCC. The molecule has 3 unspecified atom stereocenters. The first-order valence-electron chi connectivity index (χ1n) is 30.9. The molecule has 3 atom stereocenters. The van der Waals surface area contributed by atoms with Gasteiger partial charge in [-0.15, -0.1) is 0 Å². The largest absolute Gasteiger partial charge is 0.472 e. The van der Waals surface area contributed by atoms with Gasteiger partial charge in [0.2, 0.25) is 5.91 Å². The van der Waals surface area contributed by atoms with E-state index >= 15 is 0 Å². The third kappa shape index (κ3) is 55.1. The van der Waals surface area contributed by atoms with Crippen molar-refractivity contribution in [3.05, 3.63) is 0 Å². The van der Waals surface area contributed by atoms with Crippen LogP contribution in [0.3, 0.4) is 0 Å². The molecule has 0 saturated heterocycles. The van der Waals surface area contributed by atoms with Crippen LogP contribution in [0.1, 0.15) is 328 Å². The molecule has 0 aromatic heterocycles. The van der Waals surface area contributed by atoms with Crippen LogP contribution in [0.2, 0.25) is 0 Å². The van der Waals surface area contributed by atoms with Crippen molar-refractivity contribution in [2.45, 2.75) is 341 Å². The predicted molar refractivity (Wildman–Crippen MR) is 300 cm³/mol. The molecule has 8 nitrogen and oxygen atoms in total. The van der Waals surface area contributed by atoms with E-state index in [0.29, 0.717) is 23.9 Å². The Hall–Kier alpha value is -0.500. The van der Waals surface area contributed by atoms with Crippen molar-refractivity contribution in [3.8, 4) is 0 Å². The summed E-state index contributed by atoms with van der Waals surface area (Å²) in [6, 6.07) is -0.755. The number of quaternary nitrogens is 1. The molecule has 0 aromatic carbocycles. The average Bonchev–Trinajstić information content (AvgIpc) is 3.31. The first-order valence-corrected chi connectivity index (χ1v) is 32.4. The predicted octanol–water partition coefficient (Wildman–Crippen LogP) is 18.8. The molecule has 0 aliphatic heterocycles. The van der Waals surface area contributed by atoms with Crippen LogP contribution in [0, 0.1) is 0 Å². The van der Waals surface area contributed by atoms with Crippen molar-refractivity contribution in [2.24, 2.45) is 0 Å². The van der Waals surface area contributed by atoms with E-state index < -0.39 is 20.0 Å². The third-order valence-electron chi connectivity index (χ3n) is 14.6. The lowest BCUT2D eigenvalue weighted by atomic mass is 10.0. The summed E-state index contributed by atoms with van der Waals surface area (Å²) >= 11 is 0. The summed E-state index contributed by atoms with van der Waals surface area (Å²) in [7, 11) is 1.64. The number of nitrogens with zero attached hydrogens (tertiary/aromatic N) is 1. The van der Waals surface area contributed by atoms with E-state index in [2.05, 4.69) is 19.2 Å². The standard InChI is InChI=1S/C60H123N2O6P/c1-6-8-10-12-14-16-18-20-22-24-25-26-27-28-29-30-31-32-33-34-35-36-37-38-39-41-43-45-47-49-51-53-59(63)58(57-68-69(65,66)67-56-55-62(3,4)5)61-60(64)54-52-50-48-46-44-42-40-23-21-19-17-15-13-11-9-7-2/h58-59,63H,6-57H2,1-5H3,(H-,61,64,65,66)/p+1. The number of phosphoric ester groups is 1. The number of carbonyl (C=O) groups is 1. The lowest BCUT2D eigenvalue weighted by Gasteiger charge is -2.26. The van der Waals surface area contributed by atoms with Crippen molar-refractivity contribution in [1.82, 2.24) is 5.32 Å². The third-order valence-corrected chi connectivity index (χ3v) is 15.6. The van der Waals surface area contributed by atoms with Crippen LogP contribution in [-0.2, 0) is 18.4 Å². The minimum atomic E-state index is -4.32. The molecule has 1 amide bonds. The quantitative estimate of drug-likeness (QED) is 0.0318. The summed E-state index contributed by atoms with van der Waals surface area (Å²) in [5.74, 6) is -0.136. The van der Waals surface area contributed by atoms with Crippen LogP contribution in [0.5, 0.6) is 0 Å². The van der Waals surface area contributed by atoms with E-state index in [9.17, 15) is 19.4 Å². The molecule has 0 aliphatic rings. The van der Waals surface area contributed by atoms with Crippen molar-refractivity contribution < 1.29 is 32.9 Å². The second-order valence-electron chi connectivity index (χ2n) is 22.8. The Balaban J connectivity index is 3.99. The van der Waals surface area contributed by atoms with E-state index in [4.69, 9.17) is 9.05 Å². The Morgan fingerprint density at radius 2 is 0.696 bits per heavy atom. The van der Waals surface area contributed by atoms with Crippen molar-refractivity contribution in [2.75, 3.05) is 40.9 Å². The summed E-state index contributed by atoms with van der Waals surface area (Å²) in [5, 5.41) is 14.1. The van der Waals surface area contributed by atoms with E-state index in [1.807, 2.05) is 21.1 Å². The van der Waals surface area contributed by atoms with Crippen molar-refractivity contribution in [1.29, 1.82) is 0 Å². The second-order valence-corrected chi connectivity index (χ2v) is 24.3. The highest BCUT2D eigenvalue weighted by atomic mass is 31.2. The maximum Gasteiger partial charge on any atom is 0.472 e. The van der Waals surface area contributed by atoms with Crippen LogP contribution in [0.15, 0.2) is 0 Å². The first kappa shape index (κ1) is 68.5. The molecule has 414 valence electrons. The fourth-order valence-electron chi connectivity index (χ4n) is 9.76. The van der Waals surface area contributed by atoms with E-state index in [1.165, 1.54) is 263 Å². The summed E-state index contributed by atoms with van der Waals surface area (Å²) < 4.78 is 23.8. The molecular formula is C60H124N2O6P+. The molecule has 0 aromatic rings. The van der Waals surface area contributed by atoms with Gasteiger partial charge in [0.05, 0.1) is 39.9 Å². The highest BCUT2D eigenvalue weighted by Crippen LogP contribution is 2.43. The number of amides is 1. The first-order chi connectivity index (χ1) is 33.5. The maximum atomic E-state index is 13.0. The fourth-order valence-corrected chi connectivity index (χ4v) is 10.5. The zero-order valence-corrected chi connectivity index (χ0v) is 48.2. The van der Waals surface area contributed by atoms with Gasteiger partial charge in [-0.2, -0.15) is 0 Å². The van der Waals surface area contributed by atoms with Gasteiger partial charge in [-0.25, -0.2) is 4.57 Å². The van der Waals surface area contributed by atoms with Gasteiger partial charge >= 0.3 is 7.82 Å². The van der Waals surface area contributed by atoms with E-state index in [0.717, 1.165) is 38.5 Å². The number of unbranched alkanes of at least 4 members (excludes halogenated alkanes) is 45. The number of rotatable bonds is 58. The molecule has 0 spiro atoms. The molecule has 69 heavy (non-hydrogen) atoms. The highest BCUT2D eigenvalue weighted by Gasteiger charge is 2.28. The number of carbonyl (C=O) groups excluding carboxylic acids is 1. The van der Waals surface area contributed by atoms with Gasteiger partial charge in [0.25, 0.3) is 0 Å². The Kier molecular flexibility index (Phi) is 52.0. The number of phosphoric acid groups is 1. The van der Waals surface area contributed by atoms with Crippen LogP contribution >= 0.6 is 7.82 Å². The fraction of sp³-hybridized carbons (Fsp3) is 0.983. The zero-order chi connectivity index (χ0) is 50.6. The van der Waals surface area contributed by atoms with Gasteiger partial charge in [0.1, 0.15) is 13.2 Å². The molecule has 0 radical (unpaired) electrons. The lowest BCUT2D eigenvalue weighted by Crippen LogP contribution is -2.46. The lowest BCUT2D eigenvalue weighted by molar-refractivity contribution is -0.870.